The molecule has 18 nitrogen and oxygen atoms in total. The van der Waals surface area contributed by atoms with Gasteiger partial charge < -0.3 is 25.0 Å². The third-order valence-corrected chi connectivity index (χ3v) is 11.8. The maximum absolute atomic E-state index is 13.4. The van der Waals surface area contributed by atoms with Crippen molar-refractivity contribution < 1.29 is 51.4 Å². The van der Waals surface area contributed by atoms with E-state index >= 15 is 0 Å². The Kier molecular flexibility index (Phi) is 13.9. The number of fused-ring (bicyclic) bond motifs is 1. The Bertz CT molecular complexity index is 2770. The van der Waals surface area contributed by atoms with Crippen molar-refractivity contribution in [3.8, 4) is 17.0 Å². The van der Waals surface area contributed by atoms with Crippen LogP contribution in [0.4, 0.5) is 30.2 Å². The lowest BCUT2D eigenvalue weighted by atomic mass is 10.0. The fourth-order valence-corrected chi connectivity index (χ4v) is 8.35. The number of imide groups is 2. The zero-order valence-electron chi connectivity index (χ0n) is 37.1. The number of aryl methyl sites for hydroxylation is 2. The van der Waals surface area contributed by atoms with Crippen LogP contribution in [-0.2, 0) is 38.3 Å². The van der Waals surface area contributed by atoms with Crippen LogP contribution in [0.5, 0.6) is 5.88 Å². The molecule has 21 heteroatoms. The van der Waals surface area contributed by atoms with Gasteiger partial charge in [0, 0.05) is 67.5 Å². The largest absolute Gasteiger partial charge is 0.473 e. The highest BCUT2D eigenvalue weighted by Crippen LogP contribution is 2.36. The number of piperidine rings is 1. The van der Waals surface area contributed by atoms with Crippen molar-refractivity contribution in [3.05, 3.63) is 107 Å². The summed E-state index contributed by atoms with van der Waals surface area (Å²) in [5, 5.41) is 16.0. The lowest BCUT2D eigenvalue weighted by Gasteiger charge is -2.30. The summed E-state index contributed by atoms with van der Waals surface area (Å²) < 4.78 is 53.8. The first-order valence-electron chi connectivity index (χ1n) is 22.1. The van der Waals surface area contributed by atoms with Crippen molar-refractivity contribution in [1.29, 1.82) is 0 Å². The van der Waals surface area contributed by atoms with Gasteiger partial charge in [0.1, 0.15) is 17.8 Å². The van der Waals surface area contributed by atoms with Gasteiger partial charge in [-0.25, -0.2) is 9.67 Å². The number of halogens is 3. The lowest BCUT2D eigenvalue weighted by molar-refractivity contribution is -0.138. The van der Waals surface area contributed by atoms with Crippen LogP contribution in [0.3, 0.4) is 0 Å². The molecule has 3 aliphatic heterocycles. The number of unbranched alkanes of at least 4 members (excludes halogenated alkanes) is 2. The third-order valence-electron chi connectivity index (χ3n) is 11.8. The van der Waals surface area contributed by atoms with E-state index in [1.807, 2.05) is 13.0 Å². The van der Waals surface area contributed by atoms with Gasteiger partial charge in [-0.05, 0) is 75.6 Å². The molecule has 5 aromatic rings. The minimum Gasteiger partial charge on any atom is -0.473 e. The predicted molar refractivity (Wildman–Crippen MR) is 239 cm³/mol. The first-order chi connectivity index (χ1) is 32.6. The number of alkyl halides is 3. The molecule has 6 amide bonds. The highest BCUT2D eigenvalue weighted by molar-refractivity contribution is 6.26. The summed E-state index contributed by atoms with van der Waals surface area (Å²) in [7, 11) is 0. The van der Waals surface area contributed by atoms with Crippen molar-refractivity contribution in [1.82, 2.24) is 35.2 Å². The summed E-state index contributed by atoms with van der Waals surface area (Å²) >= 11 is 0. The van der Waals surface area contributed by atoms with E-state index in [9.17, 15) is 41.9 Å². The van der Waals surface area contributed by atoms with E-state index in [4.69, 9.17) is 14.5 Å². The minimum absolute atomic E-state index is 0.00350. The molecule has 2 fully saturated rings. The normalized spacial score (nSPS) is 16.6. The average Bonchev–Trinajstić information content (AvgIpc) is 3.86. The number of anilines is 3. The van der Waals surface area contributed by atoms with Gasteiger partial charge in [0.2, 0.25) is 23.6 Å². The first kappa shape index (κ1) is 47.0. The molecule has 3 aliphatic rings. The van der Waals surface area contributed by atoms with Crippen LogP contribution in [0.25, 0.3) is 11.1 Å². The fourth-order valence-electron chi connectivity index (χ4n) is 8.35. The maximum atomic E-state index is 13.4. The quantitative estimate of drug-likeness (QED) is 0.0793. The molecule has 3 N–H and O–H groups in total. The van der Waals surface area contributed by atoms with E-state index in [2.05, 4.69) is 36.1 Å². The van der Waals surface area contributed by atoms with Crippen LogP contribution in [0, 0.1) is 6.92 Å². The fraction of sp³-hybridized carbons (Fsp3) is 0.362. The molecule has 3 aromatic heterocycles. The minimum atomic E-state index is -4.60. The molecule has 0 aliphatic carbocycles. The van der Waals surface area contributed by atoms with Crippen molar-refractivity contribution in [3.63, 3.8) is 0 Å². The Hall–Kier alpha value is -7.55. The summed E-state index contributed by atoms with van der Waals surface area (Å²) in [6, 6.07) is 11.2. The van der Waals surface area contributed by atoms with Crippen molar-refractivity contribution in [2.24, 2.45) is 0 Å². The van der Waals surface area contributed by atoms with Crippen LogP contribution >= 0.6 is 0 Å². The Labute approximate surface area is 387 Å². The number of carbonyl (C=O) groups excluding carboxylic acids is 6. The van der Waals surface area contributed by atoms with Gasteiger partial charge in [-0.3, -0.25) is 44.0 Å². The molecule has 0 bridgehead atoms. The van der Waals surface area contributed by atoms with Gasteiger partial charge in [0.15, 0.2) is 0 Å². The number of nitrogens with one attached hydrogen (secondary N) is 3. The molecular weight excluding hydrogens is 890 g/mol. The van der Waals surface area contributed by atoms with E-state index in [0.717, 1.165) is 28.4 Å². The second-order valence-corrected chi connectivity index (χ2v) is 16.7. The van der Waals surface area contributed by atoms with Gasteiger partial charge in [0.05, 0.1) is 59.4 Å². The van der Waals surface area contributed by atoms with Crippen LogP contribution in [0.1, 0.15) is 93.5 Å². The van der Waals surface area contributed by atoms with E-state index < -0.39 is 47.3 Å². The second kappa shape index (κ2) is 20.1. The molecule has 2 saturated heterocycles. The number of hydrogen-bond donors (Lipinski definition) is 3. The monoisotopic (exact) mass is 936 g/mol. The molecule has 6 heterocycles. The Morgan fingerprint density at radius 3 is 2.50 bits per heavy atom. The number of amides is 6. The number of ether oxygens (including phenoxy) is 2. The molecule has 8 rings (SSSR count). The van der Waals surface area contributed by atoms with Gasteiger partial charge in [-0.15, -0.1) is 5.10 Å². The number of benzene rings is 2. The third kappa shape index (κ3) is 10.5. The summed E-state index contributed by atoms with van der Waals surface area (Å²) in [6.07, 6.45) is 2.28. The Morgan fingerprint density at radius 1 is 0.926 bits per heavy atom. The number of nitrogens with zero attached hydrogens (tertiary/aromatic N) is 7. The zero-order chi connectivity index (χ0) is 48.1. The molecule has 354 valence electrons. The molecule has 2 atom stereocenters. The number of morpholine rings is 1. The summed E-state index contributed by atoms with van der Waals surface area (Å²) in [5.41, 5.74) is 2.99. The molecule has 0 saturated carbocycles. The van der Waals surface area contributed by atoms with E-state index in [0.29, 0.717) is 81.2 Å². The number of rotatable bonds is 16. The van der Waals surface area contributed by atoms with Crippen LogP contribution in [-0.4, -0.2) is 104 Å². The first-order valence-corrected chi connectivity index (χ1v) is 22.1. The Balaban J connectivity index is 0.858. The van der Waals surface area contributed by atoms with E-state index in [1.54, 1.807) is 36.1 Å². The van der Waals surface area contributed by atoms with Crippen molar-refractivity contribution >= 4 is 52.5 Å². The van der Waals surface area contributed by atoms with Crippen LogP contribution in [0.2, 0.25) is 0 Å². The number of aromatic nitrogens is 5. The van der Waals surface area contributed by atoms with Gasteiger partial charge in [-0.1, -0.05) is 23.8 Å². The van der Waals surface area contributed by atoms with Gasteiger partial charge in [0.25, 0.3) is 17.7 Å². The maximum Gasteiger partial charge on any atom is 0.416 e. The molecule has 2 aromatic carbocycles. The van der Waals surface area contributed by atoms with Crippen LogP contribution < -0.4 is 25.6 Å². The predicted octanol–water partition coefficient (Wildman–Crippen LogP) is 5.76. The van der Waals surface area contributed by atoms with Crippen molar-refractivity contribution in [2.45, 2.75) is 83.7 Å². The number of pyridine rings is 2. The van der Waals surface area contributed by atoms with E-state index in [-0.39, 0.29) is 59.3 Å². The highest BCUT2D eigenvalue weighted by Gasteiger charge is 2.45. The van der Waals surface area contributed by atoms with Crippen LogP contribution in [0.15, 0.2) is 73.2 Å². The average molecular weight is 937 g/mol. The second-order valence-electron chi connectivity index (χ2n) is 16.7. The molecule has 0 radical (unpaired) electrons. The Morgan fingerprint density at radius 2 is 1.72 bits per heavy atom. The highest BCUT2D eigenvalue weighted by atomic mass is 19.4. The van der Waals surface area contributed by atoms with Crippen molar-refractivity contribution in [2.75, 3.05) is 41.8 Å². The number of hydrogen-bond acceptors (Lipinski definition) is 13. The zero-order valence-corrected chi connectivity index (χ0v) is 37.1. The standard InChI is InChI=1S/C47H47F3N10O8/c1-27(20-33-26-53-57-59(33)15-5-3-4-12-39(61)55-36-11-7-10-34-41(36)46(66)60(45(34)65)37-13-14-40(62)56-43(37)64)68-44-38(58-16-18-67-19-17-58)22-30(24-52-44)35-23-32(25-51-28(35)2)54-42(63)29-8-6-9-31(21-29)47(48,49)50/h6-11,21-27,37H,3-5,12-20H2,1-2H3,(H,54,63)(H,55,61)(H,56,62,64). The van der Waals surface area contributed by atoms with Gasteiger partial charge >= 0.3 is 6.18 Å². The molecule has 0 spiro atoms. The molecule has 2 unspecified atom stereocenters. The smallest absolute Gasteiger partial charge is 0.416 e. The van der Waals surface area contributed by atoms with E-state index in [1.165, 1.54) is 30.5 Å². The molecule has 68 heavy (non-hydrogen) atoms. The SMILES string of the molecule is Cc1ncc(NC(=O)c2cccc(C(F)(F)F)c2)cc1-c1cnc(OC(C)Cc2cnnn2CCCCCC(=O)Nc2cccc3c2C(=O)N(C2CCC(=O)NC2=O)C3=O)c(N2CCOCC2)c1. The lowest BCUT2D eigenvalue weighted by Crippen LogP contribution is -2.54. The summed E-state index contributed by atoms with van der Waals surface area (Å²) in [4.78, 5) is 88.9. The van der Waals surface area contributed by atoms with Gasteiger partial charge in [-0.2, -0.15) is 13.2 Å². The number of carbonyl (C=O) groups is 6. The molecular formula is C47H47F3N10O8. The summed E-state index contributed by atoms with van der Waals surface area (Å²) in [6.45, 7) is 6.40. The topological polar surface area (TPSA) is 220 Å². The summed E-state index contributed by atoms with van der Waals surface area (Å²) in [5.74, 6) is -3.21.